The number of benzene rings is 1. The number of pyridine rings is 1. The van der Waals surface area contributed by atoms with Gasteiger partial charge in [-0.15, -0.1) is 0 Å². The van der Waals surface area contributed by atoms with E-state index in [1.807, 2.05) is 12.1 Å². The molecule has 92 valence electrons. The van der Waals surface area contributed by atoms with Crippen LogP contribution in [0.1, 0.15) is 16.8 Å². The van der Waals surface area contributed by atoms with Crippen LogP contribution in [0.4, 0.5) is 5.69 Å². The van der Waals surface area contributed by atoms with Gasteiger partial charge in [0.2, 0.25) is 0 Å². The Morgan fingerprint density at radius 1 is 1.06 bits per heavy atom. The normalized spacial score (nSPS) is 14.7. The van der Waals surface area contributed by atoms with Crippen molar-refractivity contribution in [1.29, 1.82) is 0 Å². The average Bonchev–Trinajstić information content (AvgIpc) is 2.81. The molecule has 1 aromatic heterocycles. The van der Waals surface area contributed by atoms with E-state index in [0.29, 0.717) is 0 Å². The molecule has 0 radical (unpaired) electrons. The predicted octanol–water partition coefficient (Wildman–Crippen LogP) is 2.22. The van der Waals surface area contributed by atoms with Crippen molar-refractivity contribution in [1.82, 2.24) is 9.88 Å². The lowest BCUT2D eigenvalue weighted by molar-refractivity contribution is 0.287. The molecular formula is C15H17N3. The number of hydrogen-bond acceptors (Lipinski definition) is 3. The minimum atomic E-state index is 0.729. The molecule has 2 aromatic rings. The van der Waals surface area contributed by atoms with Crippen molar-refractivity contribution in [2.75, 3.05) is 12.3 Å². The summed E-state index contributed by atoms with van der Waals surface area (Å²) in [6.07, 6.45) is 2.71. The van der Waals surface area contributed by atoms with Crippen LogP contribution in [0.25, 0.3) is 0 Å². The average molecular weight is 239 g/mol. The van der Waals surface area contributed by atoms with Crippen molar-refractivity contribution in [2.45, 2.75) is 19.5 Å². The van der Waals surface area contributed by atoms with Gasteiger partial charge in [-0.1, -0.05) is 24.3 Å². The molecule has 0 atom stereocenters. The van der Waals surface area contributed by atoms with Crippen LogP contribution in [0.3, 0.4) is 0 Å². The summed E-state index contributed by atoms with van der Waals surface area (Å²) in [4.78, 5) is 6.80. The Morgan fingerprint density at radius 2 is 1.78 bits per heavy atom. The first-order valence-electron chi connectivity index (χ1n) is 6.31. The fourth-order valence-electron chi connectivity index (χ4n) is 2.42. The second-order valence-electron chi connectivity index (χ2n) is 4.81. The van der Waals surface area contributed by atoms with E-state index >= 15 is 0 Å². The van der Waals surface area contributed by atoms with Crippen molar-refractivity contribution in [3.63, 3.8) is 0 Å². The van der Waals surface area contributed by atoms with E-state index in [1.165, 1.54) is 11.1 Å². The molecule has 3 rings (SSSR count). The van der Waals surface area contributed by atoms with E-state index in [-0.39, 0.29) is 0 Å². The Labute approximate surface area is 107 Å². The number of nitrogen functional groups attached to an aromatic ring is 1. The Hall–Kier alpha value is -1.87. The van der Waals surface area contributed by atoms with Gasteiger partial charge >= 0.3 is 0 Å². The number of hydrogen-bond donors (Lipinski definition) is 1. The Kier molecular flexibility index (Phi) is 2.99. The molecule has 0 amide bonds. The molecule has 1 aromatic carbocycles. The van der Waals surface area contributed by atoms with Gasteiger partial charge in [-0.05, 0) is 23.3 Å². The molecule has 18 heavy (non-hydrogen) atoms. The van der Waals surface area contributed by atoms with Crippen LogP contribution in [0.5, 0.6) is 0 Å². The van der Waals surface area contributed by atoms with E-state index in [1.54, 1.807) is 6.20 Å². The predicted molar refractivity (Wildman–Crippen MR) is 72.9 cm³/mol. The minimum Gasteiger partial charge on any atom is -0.397 e. The summed E-state index contributed by atoms with van der Waals surface area (Å²) in [7, 11) is 0. The van der Waals surface area contributed by atoms with Gasteiger partial charge in [-0.3, -0.25) is 9.88 Å². The number of nitrogens with two attached hydrogens (primary N) is 1. The molecule has 0 unspecified atom stereocenters. The van der Waals surface area contributed by atoms with Crippen molar-refractivity contribution < 1.29 is 0 Å². The molecule has 3 nitrogen and oxygen atoms in total. The highest BCUT2D eigenvalue weighted by Crippen LogP contribution is 2.22. The van der Waals surface area contributed by atoms with Crippen molar-refractivity contribution >= 4 is 5.69 Å². The molecule has 1 aliphatic rings. The van der Waals surface area contributed by atoms with Crippen molar-refractivity contribution in [3.8, 4) is 0 Å². The summed E-state index contributed by atoms with van der Waals surface area (Å²) < 4.78 is 0. The summed E-state index contributed by atoms with van der Waals surface area (Å²) in [6, 6.07) is 12.6. The molecule has 2 heterocycles. The van der Waals surface area contributed by atoms with Crippen molar-refractivity contribution in [3.05, 3.63) is 59.4 Å². The SMILES string of the molecule is Nc1ccc(CCN2Cc3ccccc3C2)nc1. The third-order valence-corrected chi connectivity index (χ3v) is 3.44. The van der Waals surface area contributed by atoms with E-state index in [2.05, 4.69) is 34.1 Å². The number of rotatable bonds is 3. The van der Waals surface area contributed by atoms with Crippen LogP contribution in [-0.4, -0.2) is 16.4 Å². The maximum absolute atomic E-state index is 5.63. The molecule has 0 spiro atoms. The van der Waals surface area contributed by atoms with Gasteiger partial charge in [0, 0.05) is 31.7 Å². The standard InChI is InChI=1S/C15H17N3/c16-14-5-6-15(17-9-14)7-8-18-10-12-3-1-2-4-13(12)11-18/h1-6,9H,7-8,10-11,16H2. The summed E-state index contributed by atoms with van der Waals surface area (Å²) in [5.41, 5.74) is 10.4. The first kappa shape index (κ1) is 11.2. The highest BCUT2D eigenvalue weighted by atomic mass is 15.1. The van der Waals surface area contributed by atoms with Gasteiger partial charge in [0.15, 0.2) is 0 Å². The van der Waals surface area contributed by atoms with Crippen LogP contribution in [0.15, 0.2) is 42.6 Å². The molecule has 1 aliphatic heterocycles. The molecule has 3 heteroatoms. The van der Waals surface area contributed by atoms with Crippen LogP contribution in [-0.2, 0) is 19.5 Å². The van der Waals surface area contributed by atoms with Gasteiger partial charge < -0.3 is 5.73 Å². The van der Waals surface area contributed by atoms with Crippen LogP contribution >= 0.6 is 0 Å². The van der Waals surface area contributed by atoms with Gasteiger partial charge in [-0.25, -0.2) is 0 Å². The second-order valence-corrected chi connectivity index (χ2v) is 4.81. The minimum absolute atomic E-state index is 0.729. The van der Waals surface area contributed by atoms with Crippen LogP contribution < -0.4 is 5.73 Å². The van der Waals surface area contributed by atoms with E-state index < -0.39 is 0 Å². The number of anilines is 1. The van der Waals surface area contributed by atoms with Gasteiger partial charge in [-0.2, -0.15) is 0 Å². The molecule has 0 fully saturated rings. The Bertz CT molecular complexity index is 509. The number of aromatic nitrogens is 1. The quantitative estimate of drug-likeness (QED) is 0.893. The topological polar surface area (TPSA) is 42.1 Å². The summed E-state index contributed by atoms with van der Waals surface area (Å²) in [5.74, 6) is 0. The lowest BCUT2D eigenvalue weighted by atomic mass is 10.1. The second kappa shape index (κ2) is 4.78. The molecule has 0 bridgehead atoms. The first-order valence-corrected chi connectivity index (χ1v) is 6.31. The third kappa shape index (κ3) is 2.36. The first-order chi connectivity index (χ1) is 8.81. The smallest absolute Gasteiger partial charge is 0.0501 e. The van der Waals surface area contributed by atoms with Crippen LogP contribution in [0.2, 0.25) is 0 Å². The Balaban J connectivity index is 1.58. The summed E-state index contributed by atoms with van der Waals surface area (Å²) in [5, 5.41) is 0. The summed E-state index contributed by atoms with van der Waals surface area (Å²) >= 11 is 0. The van der Waals surface area contributed by atoms with Gasteiger partial charge in [0.05, 0.1) is 11.9 Å². The fraction of sp³-hybridized carbons (Fsp3) is 0.267. The van der Waals surface area contributed by atoms with Gasteiger partial charge in [0.25, 0.3) is 0 Å². The van der Waals surface area contributed by atoms with E-state index in [4.69, 9.17) is 5.73 Å². The summed E-state index contributed by atoms with van der Waals surface area (Å²) in [6.45, 7) is 3.17. The van der Waals surface area contributed by atoms with Crippen LogP contribution in [0, 0.1) is 0 Å². The monoisotopic (exact) mass is 239 g/mol. The highest BCUT2D eigenvalue weighted by molar-refractivity contribution is 5.34. The largest absolute Gasteiger partial charge is 0.397 e. The molecular weight excluding hydrogens is 222 g/mol. The Morgan fingerprint density at radius 3 is 2.39 bits per heavy atom. The highest BCUT2D eigenvalue weighted by Gasteiger charge is 2.17. The third-order valence-electron chi connectivity index (χ3n) is 3.44. The van der Waals surface area contributed by atoms with Gasteiger partial charge in [0.1, 0.15) is 0 Å². The number of nitrogens with zero attached hydrogens (tertiary/aromatic N) is 2. The maximum Gasteiger partial charge on any atom is 0.0501 e. The van der Waals surface area contributed by atoms with Crippen molar-refractivity contribution in [2.24, 2.45) is 0 Å². The molecule has 0 saturated heterocycles. The maximum atomic E-state index is 5.63. The molecule has 0 aliphatic carbocycles. The van der Waals surface area contributed by atoms with E-state index in [9.17, 15) is 0 Å². The molecule has 0 saturated carbocycles. The lowest BCUT2D eigenvalue weighted by Gasteiger charge is -2.14. The molecule has 2 N–H and O–H groups in total. The lowest BCUT2D eigenvalue weighted by Crippen LogP contribution is -2.19. The van der Waals surface area contributed by atoms with E-state index in [0.717, 1.165) is 37.4 Å². The number of fused-ring (bicyclic) bond motifs is 1. The zero-order chi connectivity index (χ0) is 12.4. The zero-order valence-electron chi connectivity index (χ0n) is 10.3. The fourth-order valence-corrected chi connectivity index (χ4v) is 2.42. The zero-order valence-corrected chi connectivity index (χ0v) is 10.3.